The molecule has 10 unspecified atom stereocenters. The van der Waals surface area contributed by atoms with Crippen LogP contribution < -0.4 is 0 Å². The van der Waals surface area contributed by atoms with Gasteiger partial charge >= 0.3 is 23.9 Å². The predicted molar refractivity (Wildman–Crippen MR) is 418 cm³/mol. The van der Waals surface area contributed by atoms with Gasteiger partial charge in [0.2, 0.25) is 23.1 Å². The summed E-state index contributed by atoms with van der Waals surface area (Å²) in [7, 11) is 2.68. The lowest BCUT2D eigenvalue weighted by Crippen LogP contribution is -2.67. The molecule has 15 aliphatic rings. The van der Waals surface area contributed by atoms with Gasteiger partial charge in [-0.3, -0.25) is 43.2 Å². The summed E-state index contributed by atoms with van der Waals surface area (Å²) in [6.45, 7) is 49.4. The summed E-state index contributed by atoms with van der Waals surface area (Å²) in [6.07, 6.45) is 24.1. The number of rotatable bonds is 8. The summed E-state index contributed by atoms with van der Waals surface area (Å²) in [6, 6.07) is 0. The number of aliphatic carboxylic acids is 1. The van der Waals surface area contributed by atoms with E-state index in [1.54, 1.807) is 0 Å². The number of hydrogen-bond acceptors (Lipinski definition) is 14. The second kappa shape index (κ2) is 26.5. The molecule has 0 heterocycles. The van der Waals surface area contributed by atoms with Crippen LogP contribution in [0.25, 0.3) is 0 Å². The highest BCUT2D eigenvalue weighted by Gasteiger charge is 2.78. The monoisotopic (exact) mass is 1510 g/mol. The van der Waals surface area contributed by atoms with Crippen molar-refractivity contribution in [3.05, 3.63) is 34.4 Å². The quantitative estimate of drug-likeness (QED) is 0.0511. The molecule has 0 aliphatic heterocycles. The molecule has 13 saturated carbocycles. The number of carboxylic acid groups (broad SMARTS) is 1. The Morgan fingerprint density at radius 3 is 1.19 bits per heavy atom. The van der Waals surface area contributed by atoms with Crippen LogP contribution in [0.3, 0.4) is 0 Å². The smallest absolute Gasteiger partial charge is 0.324 e. The Kier molecular flexibility index (Phi) is 20.0. The van der Waals surface area contributed by atoms with Gasteiger partial charge in [0.1, 0.15) is 12.4 Å². The summed E-state index contributed by atoms with van der Waals surface area (Å²) in [5, 5.41) is 32.3. The zero-order valence-electron chi connectivity index (χ0n) is 71.1. The van der Waals surface area contributed by atoms with E-state index in [9.17, 15) is 58.5 Å². The first-order valence-electron chi connectivity index (χ1n) is 43.2. The van der Waals surface area contributed by atoms with Crippen molar-refractivity contribution in [2.24, 2.45) is 158 Å². The Labute approximate surface area is 653 Å². The number of Topliss-reactive ketones (excluding diaryl/α,β-unsaturated/α-hetero) is 4. The van der Waals surface area contributed by atoms with Crippen LogP contribution in [-0.4, -0.2) is 101 Å². The van der Waals surface area contributed by atoms with Crippen LogP contribution in [0.2, 0.25) is 0 Å². The van der Waals surface area contributed by atoms with Gasteiger partial charge in [-0.05, 0) is 320 Å². The number of fused-ring (bicyclic) bond motifs is 21. The third-order valence-electron chi connectivity index (χ3n) is 39.6. The van der Waals surface area contributed by atoms with Gasteiger partial charge in [-0.1, -0.05) is 138 Å². The maximum atomic E-state index is 13.6. The summed E-state index contributed by atoms with van der Waals surface area (Å²) in [5.41, 5.74) is 0.0519. The topological polar surface area (TPSA) is 242 Å². The van der Waals surface area contributed by atoms with Crippen molar-refractivity contribution in [2.75, 3.05) is 14.2 Å². The normalized spacial score (nSPS) is 48.5. The molecule has 0 aromatic carbocycles. The number of aliphatic hydroxyl groups is 2. The Morgan fingerprint density at radius 2 is 0.817 bits per heavy atom. The van der Waals surface area contributed by atoms with Crippen LogP contribution in [0.15, 0.2) is 34.4 Å². The molecule has 26 atom stereocenters. The van der Waals surface area contributed by atoms with Crippen LogP contribution in [0.1, 0.15) is 305 Å². The van der Waals surface area contributed by atoms with Crippen LogP contribution in [0, 0.1) is 158 Å². The van der Waals surface area contributed by atoms with E-state index in [-0.39, 0.29) is 125 Å². The molecule has 0 spiro atoms. The lowest BCUT2D eigenvalue weighted by atomic mass is 9.32. The van der Waals surface area contributed by atoms with Gasteiger partial charge in [-0.15, -0.1) is 0 Å². The summed E-state index contributed by atoms with van der Waals surface area (Å²) in [5.74, 6) is -0.799. The fourth-order valence-electron chi connectivity index (χ4n) is 33.6. The van der Waals surface area contributed by atoms with E-state index in [0.29, 0.717) is 77.4 Å². The van der Waals surface area contributed by atoms with Crippen molar-refractivity contribution < 1.29 is 72.7 Å². The van der Waals surface area contributed by atoms with Gasteiger partial charge in [0.15, 0.2) is 10.8 Å². The third-order valence-corrected chi connectivity index (χ3v) is 39.6. The van der Waals surface area contributed by atoms with Crippen molar-refractivity contribution in [3.8, 4) is 0 Å². The Hall–Kier alpha value is -4.63. The molecule has 0 amide bonds. The molecule has 13 fully saturated rings. The molecule has 15 rings (SSSR count). The molecule has 3 N–H and O–H groups in total. The maximum absolute atomic E-state index is 13.6. The highest BCUT2D eigenvalue weighted by Crippen LogP contribution is 2.81. The average molecular weight is 1510 g/mol. The van der Waals surface area contributed by atoms with E-state index in [0.717, 1.165) is 165 Å². The van der Waals surface area contributed by atoms with Crippen molar-refractivity contribution in [1.82, 2.24) is 0 Å². The Bertz CT molecular complexity index is 3900. The number of methoxy groups -OCH3 is 2. The van der Waals surface area contributed by atoms with E-state index in [2.05, 4.69) is 110 Å². The fourth-order valence-corrected chi connectivity index (χ4v) is 33.6. The lowest BCUT2D eigenvalue weighted by Gasteiger charge is -2.72. The standard InChI is InChI=1S/C33H48O6.C31H46O5.C30H46O4/c1-18(2)24-25-20-10-11-22-30(6)14-13-23(39-19(3)34)29(4,5)21(30)12-15-32(22,8)31(20,7)16-17-33(25,28(37)38-9)27(36)26(24)35;1-17(2)22-23-18-9-10-20-28(5)13-12-21(32)27(3,4)19(28)11-14-30(20,7)29(18,6)15-16-31(23,26(35)36-8)25(34)24(22)33;1-18(17-31)19-9-14-30(25(33)34)16-15-28(5)20(24(19)30)7-8-22-27(4)12-11-23(32)26(2,3)21(27)10-13-29(22,28)6/h18,20-23H,10-17H2,1-9H3;17-21,32H,9-16H2,1-8H3;17,19-24,32H,1,7-16H2,2-6H3,(H,33,34)/t20?,21?,22?,23-,30-,31+,32+,33-;18?,19?,20?,21-,28-,29+,30+,31-;19-,20?,21?,22?,23-,24?,27-,28+,29+,30-/m000/s1. The number of aldehydes is 1. The molecule has 606 valence electrons. The molecular weight excluding hydrogens is 1370 g/mol. The Morgan fingerprint density at radius 1 is 0.440 bits per heavy atom. The average Bonchev–Trinajstić information content (AvgIpc) is 1.67. The number of allylic oxidation sites excluding steroid dienone is 3. The first-order chi connectivity index (χ1) is 50.5. The molecule has 15 aliphatic carbocycles. The SMILES string of the molecule is C=C(C=O)[C@@H]1CC[C@]2(C(=O)O)CC[C@]3(C)C(CCC4[C@@]5(C)CC[C@H](O)C(C)(C)C5CC[C@]43C)C12.COC(=O)[C@@]12CC[C@]3(C)C(CCC4[C@@]5(C)CC[C@H](O)C(C)(C)C5CC[C@]43C)C1=C(C(C)C)C(=O)C2=O.COC(=O)[C@@]12CC[C@]3(C)C(CCC4[C@@]5(C)CC[C@H](OC(C)=O)C(C)(C)C5CC[C@]43C)C1=C(C(C)C)C(=O)C2=O. The first-order valence-corrected chi connectivity index (χ1v) is 43.2. The van der Waals surface area contributed by atoms with E-state index < -0.39 is 57.3 Å². The largest absolute Gasteiger partial charge is 0.481 e. The van der Waals surface area contributed by atoms with Gasteiger partial charge < -0.3 is 29.5 Å². The fraction of sp³-hybridized carbons (Fsp3) is 0.840. The minimum Gasteiger partial charge on any atom is -0.481 e. The molecule has 0 bridgehead atoms. The van der Waals surface area contributed by atoms with Crippen LogP contribution >= 0.6 is 0 Å². The van der Waals surface area contributed by atoms with Crippen LogP contribution in [-0.2, 0) is 57.4 Å². The summed E-state index contributed by atoms with van der Waals surface area (Å²) in [4.78, 5) is 117. The van der Waals surface area contributed by atoms with E-state index in [1.165, 1.54) is 21.1 Å². The molecule has 0 aromatic heterocycles. The number of carbonyl (C=O) groups is 9. The maximum Gasteiger partial charge on any atom is 0.324 e. The first kappa shape index (κ1) is 82.4. The number of carboxylic acids is 1. The number of ether oxygens (including phenoxy) is 3. The zero-order valence-corrected chi connectivity index (χ0v) is 71.1. The third kappa shape index (κ3) is 10.5. The number of carbonyl (C=O) groups excluding carboxylic acids is 8. The second-order valence-electron chi connectivity index (χ2n) is 44.0. The highest BCUT2D eigenvalue weighted by molar-refractivity contribution is 6.53. The molecule has 0 aromatic rings. The van der Waals surface area contributed by atoms with E-state index in [4.69, 9.17) is 14.2 Å². The zero-order chi connectivity index (χ0) is 80.5. The van der Waals surface area contributed by atoms with Gasteiger partial charge in [0.05, 0.1) is 31.8 Å². The molecule has 15 nitrogen and oxygen atoms in total. The van der Waals surface area contributed by atoms with E-state index >= 15 is 0 Å². The van der Waals surface area contributed by atoms with Crippen LogP contribution in [0.5, 0.6) is 0 Å². The lowest BCUT2D eigenvalue weighted by molar-refractivity contribution is -0.248. The minimum atomic E-state index is -1.44. The number of esters is 3. The molecule has 0 saturated heterocycles. The number of hydrogen-bond donors (Lipinski definition) is 3. The van der Waals surface area contributed by atoms with Crippen LogP contribution in [0.4, 0.5) is 0 Å². The van der Waals surface area contributed by atoms with Gasteiger partial charge in [0, 0.05) is 23.5 Å². The van der Waals surface area contributed by atoms with Gasteiger partial charge in [-0.2, -0.15) is 0 Å². The van der Waals surface area contributed by atoms with E-state index in [1.807, 2.05) is 27.7 Å². The summed E-state index contributed by atoms with van der Waals surface area (Å²) < 4.78 is 16.3. The molecule has 109 heavy (non-hydrogen) atoms. The predicted octanol–water partition coefficient (Wildman–Crippen LogP) is 18.2. The Balaban J connectivity index is 0.000000144. The van der Waals surface area contributed by atoms with Crippen molar-refractivity contribution in [1.29, 1.82) is 0 Å². The molecular formula is C94H140O15. The minimum absolute atomic E-state index is 0.00241. The number of ketones is 4. The number of aliphatic hydroxyl groups excluding tert-OH is 2. The van der Waals surface area contributed by atoms with Gasteiger partial charge in [-0.25, -0.2) is 0 Å². The van der Waals surface area contributed by atoms with Gasteiger partial charge in [0.25, 0.3) is 0 Å². The highest BCUT2D eigenvalue weighted by atomic mass is 16.5. The van der Waals surface area contributed by atoms with Crippen molar-refractivity contribution in [2.45, 2.75) is 324 Å². The van der Waals surface area contributed by atoms with Crippen molar-refractivity contribution >= 4 is 53.3 Å². The second-order valence-corrected chi connectivity index (χ2v) is 44.0. The molecule has 15 heteroatoms. The van der Waals surface area contributed by atoms with Crippen molar-refractivity contribution in [3.63, 3.8) is 0 Å². The summed E-state index contributed by atoms with van der Waals surface area (Å²) >= 11 is 0. The molecule has 0 radical (unpaired) electrons.